The molecule has 0 radical (unpaired) electrons. The Kier molecular flexibility index (Phi) is 4.72. The Morgan fingerprint density at radius 1 is 1.50 bits per heavy atom. The third-order valence-electron chi connectivity index (χ3n) is 1.88. The summed E-state index contributed by atoms with van der Waals surface area (Å²) in [5.74, 6) is 0. The van der Waals surface area contributed by atoms with Crippen molar-refractivity contribution >= 4 is 33.2 Å². The second-order valence-corrected chi connectivity index (χ2v) is 4.45. The predicted octanol–water partition coefficient (Wildman–Crippen LogP) is 3.29. The van der Waals surface area contributed by atoms with Crippen LogP contribution in [0.15, 0.2) is 22.7 Å². The van der Waals surface area contributed by atoms with E-state index in [1.807, 2.05) is 25.1 Å². The lowest BCUT2D eigenvalue weighted by molar-refractivity contribution is 0.183. The van der Waals surface area contributed by atoms with Crippen LogP contribution in [0.5, 0.6) is 0 Å². The largest absolute Gasteiger partial charge is 0.391 e. The van der Waals surface area contributed by atoms with Gasteiger partial charge in [0.25, 0.3) is 0 Å². The highest BCUT2D eigenvalue weighted by molar-refractivity contribution is 9.10. The molecule has 78 valence electrons. The van der Waals surface area contributed by atoms with Gasteiger partial charge in [0.05, 0.1) is 6.10 Å². The molecule has 1 aromatic rings. The lowest BCUT2D eigenvalue weighted by Gasteiger charge is -2.11. The predicted molar refractivity (Wildman–Crippen MR) is 63.9 cm³/mol. The maximum Gasteiger partial charge on any atom is 0.0709 e. The number of hydrogen-bond acceptors (Lipinski definition) is 2. The minimum Gasteiger partial charge on any atom is -0.391 e. The van der Waals surface area contributed by atoms with Crippen molar-refractivity contribution in [1.82, 2.24) is 0 Å². The molecule has 0 bridgehead atoms. The Balaban J connectivity index is 2.58. The molecular weight excluding hydrogens is 265 g/mol. The second kappa shape index (κ2) is 5.59. The van der Waals surface area contributed by atoms with Crippen molar-refractivity contribution in [3.05, 3.63) is 27.7 Å². The fourth-order valence-electron chi connectivity index (χ4n) is 1.04. The summed E-state index contributed by atoms with van der Waals surface area (Å²) >= 11 is 9.22. The first-order chi connectivity index (χ1) is 6.61. The third kappa shape index (κ3) is 3.86. The molecule has 1 aromatic carbocycles. The average Bonchev–Trinajstić information content (AvgIpc) is 2.12. The number of aliphatic hydroxyl groups excluding tert-OH is 1. The Morgan fingerprint density at radius 3 is 2.79 bits per heavy atom. The molecule has 0 fully saturated rings. The maximum atomic E-state index is 9.35. The van der Waals surface area contributed by atoms with Gasteiger partial charge in [-0.2, -0.15) is 0 Å². The summed E-state index contributed by atoms with van der Waals surface area (Å²) in [7, 11) is 0. The van der Waals surface area contributed by atoms with Crippen molar-refractivity contribution in [3.8, 4) is 0 Å². The topological polar surface area (TPSA) is 32.3 Å². The van der Waals surface area contributed by atoms with Crippen molar-refractivity contribution in [2.24, 2.45) is 0 Å². The summed E-state index contributed by atoms with van der Waals surface area (Å²) in [6, 6.07) is 5.58. The number of aliphatic hydroxyl groups is 1. The van der Waals surface area contributed by atoms with Gasteiger partial charge in [0.1, 0.15) is 0 Å². The maximum absolute atomic E-state index is 9.35. The average molecular weight is 279 g/mol. The Morgan fingerprint density at radius 2 is 2.21 bits per heavy atom. The first-order valence-electron chi connectivity index (χ1n) is 4.50. The lowest BCUT2D eigenvalue weighted by Crippen LogP contribution is -2.18. The summed E-state index contributed by atoms with van der Waals surface area (Å²) in [4.78, 5) is 0. The summed E-state index contributed by atoms with van der Waals surface area (Å²) in [6.07, 6.45) is 0.433. The molecule has 0 amide bonds. The Labute approximate surface area is 97.4 Å². The fraction of sp³-hybridized carbons (Fsp3) is 0.400. The molecule has 0 saturated heterocycles. The number of rotatable bonds is 4. The number of benzene rings is 1. The van der Waals surface area contributed by atoms with Crippen LogP contribution < -0.4 is 5.32 Å². The van der Waals surface area contributed by atoms with Crippen LogP contribution in [0.25, 0.3) is 0 Å². The van der Waals surface area contributed by atoms with E-state index in [9.17, 15) is 5.11 Å². The molecule has 14 heavy (non-hydrogen) atoms. The summed E-state index contributed by atoms with van der Waals surface area (Å²) in [6.45, 7) is 2.49. The summed E-state index contributed by atoms with van der Waals surface area (Å²) in [5, 5.41) is 13.1. The van der Waals surface area contributed by atoms with E-state index in [1.165, 1.54) is 0 Å². The van der Waals surface area contributed by atoms with Crippen molar-refractivity contribution in [2.45, 2.75) is 19.4 Å². The van der Waals surface area contributed by atoms with Gasteiger partial charge in [-0.15, -0.1) is 0 Å². The van der Waals surface area contributed by atoms with Gasteiger partial charge in [-0.1, -0.05) is 34.5 Å². The van der Waals surface area contributed by atoms with Crippen LogP contribution in [-0.2, 0) is 0 Å². The first kappa shape index (κ1) is 11.8. The number of anilines is 1. The highest BCUT2D eigenvalue weighted by Crippen LogP contribution is 2.22. The van der Waals surface area contributed by atoms with Gasteiger partial charge in [0.15, 0.2) is 0 Å². The number of hydrogen-bond donors (Lipinski definition) is 2. The minimum absolute atomic E-state index is 0.312. The van der Waals surface area contributed by atoms with Crippen molar-refractivity contribution < 1.29 is 5.11 Å². The second-order valence-electron chi connectivity index (χ2n) is 3.10. The molecule has 2 nitrogen and oxygen atoms in total. The number of nitrogens with one attached hydrogen (secondary N) is 1. The van der Waals surface area contributed by atoms with Crippen LogP contribution in [-0.4, -0.2) is 17.8 Å². The van der Waals surface area contributed by atoms with E-state index in [2.05, 4.69) is 21.2 Å². The monoisotopic (exact) mass is 277 g/mol. The molecule has 0 spiro atoms. The van der Waals surface area contributed by atoms with Gasteiger partial charge in [-0.05, 0) is 24.6 Å². The van der Waals surface area contributed by atoms with Crippen LogP contribution in [0.4, 0.5) is 5.69 Å². The van der Waals surface area contributed by atoms with Crippen LogP contribution in [0, 0.1) is 0 Å². The van der Waals surface area contributed by atoms with Gasteiger partial charge in [-0.25, -0.2) is 0 Å². The van der Waals surface area contributed by atoms with E-state index in [0.29, 0.717) is 11.6 Å². The fourth-order valence-corrected chi connectivity index (χ4v) is 1.90. The molecule has 0 aliphatic rings. The van der Waals surface area contributed by atoms with E-state index in [4.69, 9.17) is 11.6 Å². The summed E-state index contributed by atoms with van der Waals surface area (Å²) in [5.41, 5.74) is 0.914. The zero-order valence-corrected chi connectivity index (χ0v) is 10.3. The van der Waals surface area contributed by atoms with E-state index in [-0.39, 0.29) is 6.10 Å². The zero-order valence-electron chi connectivity index (χ0n) is 7.93. The smallest absolute Gasteiger partial charge is 0.0709 e. The van der Waals surface area contributed by atoms with Crippen molar-refractivity contribution in [2.75, 3.05) is 11.9 Å². The first-order valence-corrected chi connectivity index (χ1v) is 5.67. The standard InChI is InChI=1S/C10H13BrClNO/c1-2-10(14)6-13-9-4-7(11)3-8(12)5-9/h3-5,10,13-14H,2,6H2,1H3. The highest BCUT2D eigenvalue weighted by atomic mass is 79.9. The van der Waals surface area contributed by atoms with Crippen LogP contribution in [0.1, 0.15) is 13.3 Å². The van der Waals surface area contributed by atoms with E-state index in [1.54, 1.807) is 0 Å². The van der Waals surface area contributed by atoms with E-state index in [0.717, 1.165) is 16.6 Å². The van der Waals surface area contributed by atoms with Gasteiger partial charge >= 0.3 is 0 Å². The van der Waals surface area contributed by atoms with Gasteiger partial charge < -0.3 is 10.4 Å². The van der Waals surface area contributed by atoms with E-state index >= 15 is 0 Å². The quantitative estimate of drug-likeness (QED) is 0.886. The van der Waals surface area contributed by atoms with Crippen molar-refractivity contribution in [3.63, 3.8) is 0 Å². The molecule has 0 saturated carbocycles. The Bertz CT molecular complexity index is 286. The number of halogens is 2. The molecular formula is C10H13BrClNO. The molecule has 1 rings (SSSR count). The SMILES string of the molecule is CCC(O)CNc1cc(Cl)cc(Br)c1. The molecule has 0 aromatic heterocycles. The molecule has 0 aliphatic heterocycles. The Hall–Kier alpha value is -0.250. The van der Waals surface area contributed by atoms with Gasteiger partial charge in [0, 0.05) is 21.7 Å². The van der Waals surface area contributed by atoms with E-state index < -0.39 is 0 Å². The van der Waals surface area contributed by atoms with Gasteiger partial charge in [-0.3, -0.25) is 0 Å². The normalized spacial score (nSPS) is 12.6. The highest BCUT2D eigenvalue weighted by Gasteiger charge is 2.01. The molecule has 4 heteroatoms. The van der Waals surface area contributed by atoms with Crippen molar-refractivity contribution in [1.29, 1.82) is 0 Å². The van der Waals surface area contributed by atoms with Gasteiger partial charge in [0.2, 0.25) is 0 Å². The lowest BCUT2D eigenvalue weighted by atomic mass is 10.2. The molecule has 2 N–H and O–H groups in total. The molecule has 1 unspecified atom stereocenters. The molecule has 0 heterocycles. The van der Waals surface area contributed by atoms with Crippen LogP contribution in [0.3, 0.4) is 0 Å². The molecule has 1 atom stereocenters. The van der Waals surface area contributed by atoms with Crippen LogP contribution >= 0.6 is 27.5 Å². The summed E-state index contributed by atoms with van der Waals surface area (Å²) < 4.78 is 0.929. The minimum atomic E-state index is -0.312. The third-order valence-corrected chi connectivity index (χ3v) is 2.55. The zero-order chi connectivity index (χ0) is 10.6. The van der Waals surface area contributed by atoms with Crippen LogP contribution in [0.2, 0.25) is 5.02 Å². The molecule has 0 aliphatic carbocycles.